The number of thiazole rings is 1. The summed E-state index contributed by atoms with van der Waals surface area (Å²) in [5.74, 6) is 0.938. The molecule has 1 aliphatic heterocycles. The van der Waals surface area contributed by atoms with E-state index in [2.05, 4.69) is 58.7 Å². The van der Waals surface area contributed by atoms with Gasteiger partial charge in [0.1, 0.15) is 5.75 Å². The van der Waals surface area contributed by atoms with Gasteiger partial charge in [0.25, 0.3) is 0 Å². The van der Waals surface area contributed by atoms with E-state index in [0.29, 0.717) is 6.04 Å². The Morgan fingerprint density at radius 3 is 2.86 bits per heavy atom. The number of benzene rings is 1. The molecule has 0 spiro atoms. The Morgan fingerprint density at radius 2 is 2.18 bits per heavy atom. The van der Waals surface area contributed by atoms with E-state index in [1.165, 1.54) is 5.56 Å². The number of hydrogen-bond donors (Lipinski definition) is 1. The smallest absolute Gasteiger partial charge is 0.119 e. The van der Waals surface area contributed by atoms with E-state index in [1.807, 2.05) is 5.51 Å². The zero-order valence-electron chi connectivity index (χ0n) is 13.2. The van der Waals surface area contributed by atoms with E-state index < -0.39 is 0 Å². The molecule has 1 saturated heterocycles. The summed E-state index contributed by atoms with van der Waals surface area (Å²) in [6.45, 7) is 8.08. The van der Waals surface area contributed by atoms with Crippen LogP contribution in [0.2, 0.25) is 0 Å². The Morgan fingerprint density at radius 1 is 1.36 bits per heavy atom. The topological polar surface area (TPSA) is 37.4 Å². The third-order valence-electron chi connectivity index (χ3n) is 3.84. The molecule has 1 fully saturated rings. The van der Waals surface area contributed by atoms with Crippen LogP contribution in [0, 0.1) is 0 Å². The van der Waals surface area contributed by atoms with Gasteiger partial charge in [-0.1, -0.05) is 12.1 Å². The van der Waals surface area contributed by atoms with Gasteiger partial charge >= 0.3 is 0 Å². The number of ether oxygens (including phenoxy) is 1. The van der Waals surface area contributed by atoms with Gasteiger partial charge in [0.2, 0.25) is 0 Å². The summed E-state index contributed by atoms with van der Waals surface area (Å²) in [5, 5.41) is 5.64. The lowest BCUT2D eigenvalue weighted by molar-refractivity contribution is 0.152. The van der Waals surface area contributed by atoms with Crippen molar-refractivity contribution in [2.45, 2.75) is 32.5 Å². The molecule has 3 rings (SSSR count). The summed E-state index contributed by atoms with van der Waals surface area (Å²) in [6, 6.07) is 8.91. The van der Waals surface area contributed by atoms with Crippen LogP contribution in [0.25, 0.3) is 0 Å². The number of hydrogen-bond acceptors (Lipinski definition) is 5. The van der Waals surface area contributed by atoms with Crippen molar-refractivity contribution in [3.8, 4) is 5.75 Å². The highest BCUT2D eigenvalue weighted by molar-refractivity contribution is 7.07. The van der Waals surface area contributed by atoms with Gasteiger partial charge in [-0.15, -0.1) is 11.3 Å². The lowest BCUT2D eigenvalue weighted by Gasteiger charge is -2.36. The fourth-order valence-electron chi connectivity index (χ4n) is 2.83. The van der Waals surface area contributed by atoms with Crippen molar-refractivity contribution in [2.75, 3.05) is 19.6 Å². The minimum atomic E-state index is 0.211. The van der Waals surface area contributed by atoms with Gasteiger partial charge in [-0.05, 0) is 31.5 Å². The first-order chi connectivity index (χ1) is 10.7. The summed E-state index contributed by atoms with van der Waals surface area (Å²) in [7, 11) is 0. The van der Waals surface area contributed by atoms with Gasteiger partial charge in [-0.3, -0.25) is 4.90 Å². The molecular weight excluding hydrogens is 294 g/mol. The second-order valence-corrected chi connectivity index (χ2v) is 6.62. The highest BCUT2D eigenvalue weighted by atomic mass is 32.1. The predicted molar refractivity (Wildman–Crippen MR) is 90.3 cm³/mol. The first kappa shape index (κ1) is 15.5. The summed E-state index contributed by atoms with van der Waals surface area (Å²) in [6.07, 6.45) is 0.211. The molecule has 1 aromatic heterocycles. The zero-order valence-corrected chi connectivity index (χ0v) is 14.0. The number of rotatable bonds is 5. The third-order valence-corrected chi connectivity index (χ3v) is 4.47. The molecule has 0 aliphatic carbocycles. The summed E-state index contributed by atoms with van der Waals surface area (Å²) in [4.78, 5) is 6.93. The maximum Gasteiger partial charge on any atom is 0.119 e. The minimum Gasteiger partial charge on any atom is -0.491 e. The second-order valence-electron chi connectivity index (χ2n) is 5.91. The molecule has 5 heteroatoms. The molecule has 0 radical (unpaired) electrons. The number of nitrogens with zero attached hydrogens (tertiary/aromatic N) is 2. The zero-order chi connectivity index (χ0) is 15.4. The van der Waals surface area contributed by atoms with Gasteiger partial charge in [0.15, 0.2) is 0 Å². The lowest BCUT2D eigenvalue weighted by atomic mass is 10.0. The van der Waals surface area contributed by atoms with Gasteiger partial charge in [-0.2, -0.15) is 0 Å². The molecule has 1 atom stereocenters. The molecule has 1 aliphatic rings. The Labute approximate surface area is 136 Å². The Kier molecular flexibility index (Phi) is 5.08. The maximum absolute atomic E-state index is 5.73. The molecule has 118 valence electrons. The van der Waals surface area contributed by atoms with Crippen molar-refractivity contribution < 1.29 is 4.74 Å². The average Bonchev–Trinajstić information content (AvgIpc) is 3.01. The number of piperazine rings is 1. The van der Waals surface area contributed by atoms with E-state index in [4.69, 9.17) is 4.74 Å². The summed E-state index contributed by atoms with van der Waals surface area (Å²) in [5.41, 5.74) is 4.40. The van der Waals surface area contributed by atoms with Gasteiger partial charge in [0.05, 0.1) is 17.3 Å². The molecular formula is C17H23N3OS. The Balaban J connectivity index is 1.72. The molecule has 2 aromatic rings. The van der Waals surface area contributed by atoms with Crippen molar-refractivity contribution in [1.29, 1.82) is 0 Å². The van der Waals surface area contributed by atoms with Crippen LogP contribution < -0.4 is 10.1 Å². The van der Waals surface area contributed by atoms with Gasteiger partial charge in [-0.25, -0.2) is 4.98 Å². The Bertz CT molecular complexity index is 568. The largest absolute Gasteiger partial charge is 0.491 e. The van der Waals surface area contributed by atoms with Crippen LogP contribution in [0.3, 0.4) is 0 Å². The molecule has 1 aromatic carbocycles. The monoisotopic (exact) mass is 317 g/mol. The lowest BCUT2D eigenvalue weighted by Crippen LogP contribution is -2.45. The molecule has 22 heavy (non-hydrogen) atoms. The van der Waals surface area contributed by atoms with E-state index in [1.54, 1.807) is 11.3 Å². The molecule has 0 bridgehead atoms. The molecule has 2 heterocycles. The van der Waals surface area contributed by atoms with E-state index >= 15 is 0 Å². The first-order valence-corrected chi connectivity index (χ1v) is 8.75. The van der Waals surface area contributed by atoms with Crippen LogP contribution in [0.1, 0.15) is 31.1 Å². The van der Waals surface area contributed by atoms with Crippen molar-refractivity contribution >= 4 is 11.3 Å². The highest BCUT2D eigenvalue weighted by Gasteiger charge is 2.24. The van der Waals surface area contributed by atoms with E-state index in [-0.39, 0.29) is 6.10 Å². The third kappa shape index (κ3) is 3.85. The number of nitrogens with one attached hydrogen (secondary N) is 1. The van der Waals surface area contributed by atoms with Crippen LogP contribution in [0.4, 0.5) is 0 Å². The van der Waals surface area contributed by atoms with E-state index in [0.717, 1.165) is 37.6 Å². The maximum atomic E-state index is 5.73. The molecule has 4 nitrogen and oxygen atoms in total. The van der Waals surface area contributed by atoms with Crippen molar-refractivity contribution in [1.82, 2.24) is 15.2 Å². The molecule has 0 saturated carbocycles. The Hall–Kier alpha value is -1.43. The minimum absolute atomic E-state index is 0.211. The fourth-order valence-corrected chi connectivity index (χ4v) is 3.38. The van der Waals surface area contributed by atoms with Crippen molar-refractivity contribution in [3.05, 3.63) is 46.4 Å². The molecule has 1 N–H and O–H groups in total. The molecule has 0 unspecified atom stereocenters. The standard InChI is InChI=1S/C17H23N3OS/c1-13(2)21-16-5-3-14(4-6-16)17-9-18-7-8-20(17)10-15-11-22-12-19-15/h3-6,11-13,17-18H,7-10H2,1-2H3/t17-/m0/s1. The first-order valence-electron chi connectivity index (χ1n) is 7.81. The SMILES string of the molecule is CC(C)Oc1ccc([C@@H]2CNCCN2Cc2cscn2)cc1. The molecule has 0 amide bonds. The quantitative estimate of drug-likeness (QED) is 0.919. The summed E-state index contributed by atoms with van der Waals surface area (Å²) >= 11 is 1.66. The van der Waals surface area contributed by atoms with Gasteiger partial charge in [0, 0.05) is 37.6 Å². The van der Waals surface area contributed by atoms with Crippen LogP contribution >= 0.6 is 11.3 Å². The van der Waals surface area contributed by atoms with Gasteiger partial charge < -0.3 is 10.1 Å². The average molecular weight is 317 g/mol. The summed E-state index contributed by atoms with van der Waals surface area (Å²) < 4.78 is 5.73. The van der Waals surface area contributed by atoms with Crippen LogP contribution in [-0.2, 0) is 6.54 Å². The van der Waals surface area contributed by atoms with Crippen LogP contribution in [0.5, 0.6) is 5.75 Å². The van der Waals surface area contributed by atoms with Crippen molar-refractivity contribution in [2.24, 2.45) is 0 Å². The van der Waals surface area contributed by atoms with E-state index in [9.17, 15) is 0 Å². The van der Waals surface area contributed by atoms with Crippen molar-refractivity contribution in [3.63, 3.8) is 0 Å². The van der Waals surface area contributed by atoms with Crippen LogP contribution in [-0.4, -0.2) is 35.6 Å². The normalized spacial score (nSPS) is 19.5. The highest BCUT2D eigenvalue weighted by Crippen LogP contribution is 2.26. The second kappa shape index (κ2) is 7.22. The number of aromatic nitrogens is 1. The fraction of sp³-hybridized carbons (Fsp3) is 0.471. The predicted octanol–water partition coefficient (Wildman–Crippen LogP) is 3.08. The van der Waals surface area contributed by atoms with Crippen LogP contribution in [0.15, 0.2) is 35.2 Å².